The number of ether oxygens (including phenoxy) is 1. The van der Waals surface area contributed by atoms with Gasteiger partial charge in [-0.2, -0.15) is 0 Å². The Morgan fingerprint density at radius 3 is 2.72 bits per heavy atom. The molecule has 0 fully saturated rings. The summed E-state index contributed by atoms with van der Waals surface area (Å²) in [5.74, 6) is -0.172. The van der Waals surface area contributed by atoms with E-state index < -0.39 is 0 Å². The molecule has 0 saturated heterocycles. The zero-order valence-corrected chi connectivity index (χ0v) is 12.6. The van der Waals surface area contributed by atoms with Crippen molar-refractivity contribution in [3.63, 3.8) is 0 Å². The van der Waals surface area contributed by atoms with Gasteiger partial charge in [0.25, 0.3) is 0 Å². The second kappa shape index (κ2) is 7.77. The molecule has 0 radical (unpaired) electrons. The van der Waals surface area contributed by atoms with Gasteiger partial charge in [-0.05, 0) is 32.4 Å². The van der Waals surface area contributed by atoms with Crippen molar-refractivity contribution in [3.8, 4) is 0 Å². The molecule has 0 aliphatic carbocycles. The molecule has 0 aromatic carbocycles. The molecule has 18 heavy (non-hydrogen) atoms. The number of nitrogens with one attached hydrogen (secondary N) is 1. The van der Waals surface area contributed by atoms with Crippen LogP contribution in [0.15, 0.2) is 12.1 Å². The van der Waals surface area contributed by atoms with Crippen LogP contribution >= 0.6 is 22.9 Å². The van der Waals surface area contributed by atoms with E-state index in [-0.39, 0.29) is 18.1 Å². The first-order valence-electron chi connectivity index (χ1n) is 6.26. The molecule has 2 unspecified atom stereocenters. The Morgan fingerprint density at radius 1 is 1.50 bits per heavy atom. The van der Waals surface area contributed by atoms with Gasteiger partial charge in [0.1, 0.15) is 6.04 Å². The summed E-state index contributed by atoms with van der Waals surface area (Å²) in [5, 5.41) is 3.31. The Morgan fingerprint density at radius 2 is 2.22 bits per heavy atom. The molecule has 0 spiro atoms. The van der Waals surface area contributed by atoms with E-state index in [1.807, 2.05) is 26.0 Å². The average molecular weight is 290 g/mol. The Balaban J connectivity index is 2.62. The van der Waals surface area contributed by atoms with Crippen molar-refractivity contribution in [2.24, 2.45) is 0 Å². The highest BCUT2D eigenvalue weighted by Gasteiger charge is 2.21. The Hall–Kier alpha value is -0.580. The second-order valence-electron chi connectivity index (χ2n) is 4.12. The maximum absolute atomic E-state index is 11.8. The number of halogens is 1. The lowest BCUT2D eigenvalue weighted by molar-refractivity contribution is -0.146. The predicted octanol–water partition coefficient (Wildman–Crippen LogP) is 3.78. The van der Waals surface area contributed by atoms with Gasteiger partial charge in [0, 0.05) is 10.9 Å². The number of carbonyl (C=O) groups excluding carboxylic acids is 1. The lowest BCUT2D eigenvalue weighted by Crippen LogP contribution is -2.39. The minimum absolute atomic E-state index is 0.100. The van der Waals surface area contributed by atoms with E-state index >= 15 is 0 Å². The molecule has 0 aliphatic heterocycles. The zero-order valence-electron chi connectivity index (χ0n) is 11.0. The third-order valence-electron chi connectivity index (χ3n) is 2.62. The fourth-order valence-electron chi connectivity index (χ4n) is 1.75. The maximum atomic E-state index is 11.8. The third kappa shape index (κ3) is 4.59. The van der Waals surface area contributed by atoms with E-state index in [9.17, 15) is 4.79 Å². The molecular weight excluding hydrogens is 270 g/mol. The van der Waals surface area contributed by atoms with Gasteiger partial charge in [0.05, 0.1) is 10.9 Å². The van der Waals surface area contributed by atoms with Crippen molar-refractivity contribution in [1.29, 1.82) is 0 Å². The van der Waals surface area contributed by atoms with E-state index in [0.717, 1.165) is 22.1 Å². The van der Waals surface area contributed by atoms with Gasteiger partial charge in [0.15, 0.2) is 0 Å². The molecule has 1 aromatic heterocycles. The molecule has 3 nitrogen and oxygen atoms in total. The van der Waals surface area contributed by atoms with E-state index in [0.29, 0.717) is 6.61 Å². The lowest BCUT2D eigenvalue weighted by Gasteiger charge is -2.20. The van der Waals surface area contributed by atoms with Gasteiger partial charge in [-0.25, -0.2) is 0 Å². The molecule has 0 saturated carbocycles. The smallest absolute Gasteiger partial charge is 0.323 e. The summed E-state index contributed by atoms with van der Waals surface area (Å²) in [6, 6.07) is 3.71. The van der Waals surface area contributed by atoms with Crippen molar-refractivity contribution in [2.75, 3.05) is 6.61 Å². The molecule has 1 heterocycles. The third-order valence-corrected chi connectivity index (χ3v) is 4.03. The van der Waals surface area contributed by atoms with E-state index in [1.165, 1.54) is 11.3 Å². The van der Waals surface area contributed by atoms with Crippen LogP contribution < -0.4 is 5.32 Å². The van der Waals surface area contributed by atoms with Crippen molar-refractivity contribution >= 4 is 28.9 Å². The number of esters is 1. The molecule has 102 valence electrons. The summed E-state index contributed by atoms with van der Waals surface area (Å²) in [4.78, 5) is 12.9. The molecule has 1 rings (SSSR count). The summed E-state index contributed by atoms with van der Waals surface area (Å²) < 4.78 is 5.84. The van der Waals surface area contributed by atoms with E-state index in [1.54, 1.807) is 0 Å². The first-order valence-corrected chi connectivity index (χ1v) is 7.45. The summed E-state index contributed by atoms with van der Waals surface area (Å²) in [7, 11) is 0. The molecule has 1 aromatic rings. The van der Waals surface area contributed by atoms with Gasteiger partial charge in [0.2, 0.25) is 0 Å². The van der Waals surface area contributed by atoms with E-state index in [2.05, 4.69) is 12.2 Å². The molecule has 1 N–H and O–H groups in total. The summed E-state index contributed by atoms with van der Waals surface area (Å²) >= 11 is 7.45. The summed E-state index contributed by atoms with van der Waals surface area (Å²) in [6.07, 6.45) is 1.72. The Kier molecular flexibility index (Phi) is 6.68. The van der Waals surface area contributed by atoms with Crippen LogP contribution in [0.5, 0.6) is 0 Å². The highest BCUT2D eigenvalue weighted by molar-refractivity contribution is 7.16. The Bertz CT molecular complexity index is 381. The highest BCUT2D eigenvalue weighted by atomic mass is 35.5. The maximum Gasteiger partial charge on any atom is 0.323 e. The van der Waals surface area contributed by atoms with Crippen LogP contribution in [0, 0.1) is 0 Å². The SMILES string of the molecule is CCCC(NC(C)c1ccc(Cl)s1)C(=O)OCC. The summed E-state index contributed by atoms with van der Waals surface area (Å²) in [5.41, 5.74) is 0. The number of thiophene rings is 1. The number of hydrogen-bond donors (Lipinski definition) is 1. The Labute approximate surface area is 117 Å². The van der Waals surface area contributed by atoms with Crippen LogP contribution in [0.3, 0.4) is 0 Å². The zero-order chi connectivity index (χ0) is 13.5. The van der Waals surface area contributed by atoms with Gasteiger partial charge >= 0.3 is 5.97 Å². The van der Waals surface area contributed by atoms with Crippen molar-refractivity contribution in [3.05, 3.63) is 21.3 Å². The molecule has 2 atom stereocenters. The number of rotatable bonds is 7. The first kappa shape index (κ1) is 15.5. The quantitative estimate of drug-likeness (QED) is 0.776. The molecule has 0 aliphatic rings. The van der Waals surface area contributed by atoms with Crippen LogP contribution in [0.1, 0.15) is 44.5 Å². The normalized spacial score (nSPS) is 14.2. The average Bonchev–Trinajstić information content (AvgIpc) is 2.75. The second-order valence-corrected chi connectivity index (χ2v) is 5.87. The fraction of sp³-hybridized carbons (Fsp3) is 0.615. The van der Waals surface area contributed by atoms with Gasteiger partial charge < -0.3 is 4.74 Å². The lowest BCUT2D eigenvalue weighted by atomic mass is 10.1. The minimum atomic E-state index is -0.245. The van der Waals surface area contributed by atoms with E-state index in [4.69, 9.17) is 16.3 Å². The van der Waals surface area contributed by atoms with Crippen molar-refractivity contribution < 1.29 is 9.53 Å². The minimum Gasteiger partial charge on any atom is -0.465 e. The fourth-order valence-corrected chi connectivity index (χ4v) is 2.82. The van der Waals surface area contributed by atoms with Crippen molar-refractivity contribution in [1.82, 2.24) is 5.32 Å². The number of hydrogen-bond acceptors (Lipinski definition) is 4. The highest BCUT2D eigenvalue weighted by Crippen LogP contribution is 2.27. The van der Waals surface area contributed by atoms with Crippen LogP contribution in [-0.4, -0.2) is 18.6 Å². The van der Waals surface area contributed by atoms with Crippen LogP contribution in [0.2, 0.25) is 4.34 Å². The monoisotopic (exact) mass is 289 g/mol. The van der Waals surface area contributed by atoms with Gasteiger partial charge in [-0.15, -0.1) is 11.3 Å². The molecule has 5 heteroatoms. The molecular formula is C13H20ClNO2S. The van der Waals surface area contributed by atoms with Crippen molar-refractivity contribution in [2.45, 2.75) is 45.7 Å². The largest absolute Gasteiger partial charge is 0.465 e. The van der Waals surface area contributed by atoms with Crippen LogP contribution in [-0.2, 0) is 9.53 Å². The van der Waals surface area contributed by atoms with Crippen LogP contribution in [0.25, 0.3) is 0 Å². The number of carbonyl (C=O) groups is 1. The first-order chi connectivity index (χ1) is 8.58. The van der Waals surface area contributed by atoms with Gasteiger partial charge in [-0.3, -0.25) is 10.1 Å². The molecule has 0 bridgehead atoms. The predicted molar refractivity (Wildman–Crippen MR) is 76.2 cm³/mol. The van der Waals surface area contributed by atoms with Crippen LogP contribution in [0.4, 0.5) is 0 Å². The topological polar surface area (TPSA) is 38.3 Å². The van der Waals surface area contributed by atoms with Gasteiger partial charge in [-0.1, -0.05) is 24.9 Å². The standard InChI is InChI=1S/C13H20ClNO2S/c1-4-6-10(13(16)17-5-2)15-9(3)11-7-8-12(14)18-11/h7-10,15H,4-6H2,1-3H3. The summed E-state index contributed by atoms with van der Waals surface area (Å²) in [6.45, 7) is 6.33. The molecule has 0 amide bonds.